The second-order valence-corrected chi connectivity index (χ2v) is 5.78. The molecule has 3 rings (SSSR count). The zero-order chi connectivity index (χ0) is 13.9. The second-order valence-electron chi connectivity index (χ2n) is 4.67. The lowest BCUT2D eigenvalue weighted by molar-refractivity contribution is 0.409. The van der Waals surface area contributed by atoms with E-state index in [0.29, 0.717) is 0 Å². The van der Waals surface area contributed by atoms with Gasteiger partial charge in [0.15, 0.2) is 0 Å². The minimum atomic E-state index is 0.197. The average Bonchev–Trinajstić information content (AvgIpc) is 2.92. The van der Waals surface area contributed by atoms with Crippen LogP contribution < -0.4 is 4.74 Å². The molecule has 0 radical (unpaired) electrons. The van der Waals surface area contributed by atoms with E-state index in [2.05, 4.69) is 28.1 Å². The monoisotopic (exact) mass is 330 g/mol. The van der Waals surface area contributed by atoms with Crippen molar-refractivity contribution in [2.45, 2.75) is 11.2 Å². The first-order valence-corrected chi connectivity index (χ1v) is 7.43. The van der Waals surface area contributed by atoms with Gasteiger partial charge in [0.05, 0.1) is 13.4 Å². The van der Waals surface area contributed by atoms with Crippen LogP contribution in [0.4, 0.5) is 0 Å². The summed E-state index contributed by atoms with van der Waals surface area (Å²) in [4.78, 5) is 0.197. The van der Waals surface area contributed by atoms with Crippen LogP contribution in [0.1, 0.15) is 16.0 Å². The zero-order valence-corrected chi connectivity index (χ0v) is 12.8. The predicted molar refractivity (Wildman–Crippen MR) is 84.6 cm³/mol. The van der Waals surface area contributed by atoms with Crippen LogP contribution >= 0.6 is 15.9 Å². The number of hydrogen-bond acceptors (Lipinski definition) is 2. The van der Waals surface area contributed by atoms with Crippen molar-refractivity contribution in [2.24, 2.45) is 0 Å². The Balaban J connectivity index is 1.91. The van der Waals surface area contributed by atoms with Crippen LogP contribution in [0.2, 0.25) is 0 Å². The SMILES string of the molecule is COc1ccccc1CC(Br)c1coc2ccccc12. The number of ether oxygens (including phenoxy) is 1. The van der Waals surface area contributed by atoms with Crippen LogP contribution in [0.5, 0.6) is 5.75 Å². The molecule has 3 heteroatoms. The summed E-state index contributed by atoms with van der Waals surface area (Å²) in [7, 11) is 1.70. The molecular weight excluding hydrogens is 316 g/mol. The summed E-state index contributed by atoms with van der Waals surface area (Å²) in [5.74, 6) is 0.921. The Morgan fingerprint density at radius 1 is 1.10 bits per heavy atom. The lowest BCUT2D eigenvalue weighted by atomic mass is 10.0. The third-order valence-electron chi connectivity index (χ3n) is 3.44. The van der Waals surface area contributed by atoms with Gasteiger partial charge in [-0.15, -0.1) is 0 Å². The van der Waals surface area contributed by atoms with Gasteiger partial charge >= 0.3 is 0 Å². The fourth-order valence-electron chi connectivity index (χ4n) is 2.42. The van der Waals surface area contributed by atoms with Crippen molar-refractivity contribution in [3.8, 4) is 5.75 Å². The molecular formula is C17H15BrO2. The Hall–Kier alpha value is -1.74. The van der Waals surface area contributed by atoms with Gasteiger partial charge in [-0.3, -0.25) is 0 Å². The Morgan fingerprint density at radius 3 is 2.70 bits per heavy atom. The van der Waals surface area contributed by atoms with Crippen LogP contribution in [-0.2, 0) is 6.42 Å². The summed E-state index contributed by atoms with van der Waals surface area (Å²) in [5, 5.41) is 1.16. The van der Waals surface area contributed by atoms with Crippen LogP contribution in [0.15, 0.2) is 59.2 Å². The van der Waals surface area contributed by atoms with Gasteiger partial charge in [-0.05, 0) is 24.1 Å². The van der Waals surface area contributed by atoms with Gasteiger partial charge in [0.25, 0.3) is 0 Å². The molecule has 1 atom stereocenters. The molecule has 3 aromatic rings. The van der Waals surface area contributed by atoms with Gasteiger partial charge in [0.1, 0.15) is 11.3 Å². The highest BCUT2D eigenvalue weighted by atomic mass is 79.9. The second kappa shape index (κ2) is 5.71. The van der Waals surface area contributed by atoms with Gasteiger partial charge in [-0.2, -0.15) is 0 Å². The highest BCUT2D eigenvalue weighted by Gasteiger charge is 2.16. The fraction of sp³-hybridized carbons (Fsp3) is 0.176. The Labute approximate surface area is 126 Å². The molecule has 1 heterocycles. The first-order valence-electron chi connectivity index (χ1n) is 6.51. The minimum Gasteiger partial charge on any atom is -0.496 e. The van der Waals surface area contributed by atoms with Crippen molar-refractivity contribution in [2.75, 3.05) is 7.11 Å². The number of halogens is 1. The Morgan fingerprint density at radius 2 is 1.85 bits per heavy atom. The molecule has 0 amide bonds. The first kappa shape index (κ1) is 13.3. The molecule has 0 bridgehead atoms. The molecule has 20 heavy (non-hydrogen) atoms. The molecule has 0 fully saturated rings. The smallest absolute Gasteiger partial charge is 0.134 e. The quantitative estimate of drug-likeness (QED) is 0.619. The van der Waals surface area contributed by atoms with E-state index in [-0.39, 0.29) is 4.83 Å². The molecule has 0 saturated carbocycles. The summed E-state index contributed by atoms with van der Waals surface area (Å²) in [6, 6.07) is 16.2. The molecule has 2 nitrogen and oxygen atoms in total. The number of benzene rings is 2. The van der Waals surface area contributed by atoms with Crippen molar-refractivity contribution in [1.29, 1.82) is 0 Å². The number of furan rings is 1. The lowest BCUT2D eigenvalue weighted by Gasteiger charge is -2.12. The highest BCUT2D eigenvalue weighted by Crippen LogP contribution is 2.35. The van der Waals surface area contributed by atoms with Gasteiger partial charge in [0.2, 0.25) is 0 Å². The summed E-state index contributed by atoms with van der Waals surface area (Å²) < 4.78 is 11.0. The van der Waals surface area contributed by atoms with E-state index in [1.807, 2.05) is 42.7 Å². The maximum atomic E-state index is 5.60. The molecule has 0 aliphatic rings. The third-order valence-corrected chi connectivity index (χ3v) is 4.26. The number of rotatable bonds is 4. The molecule has 1 unspecified atom stereocenters. The van der Waals surface area contributed by atoms with Crippen molar-refractivity contribution in [3.63, 3.8) is 0 Å². The molecule has 2 aromatic carbocycles. The van der Waals surface area contributed by atoms with E-state index in [0.717, 1.165) is 23.1 Å². The van der Waals surface area contributed by atoms with E-state index in [9.17, 15) is 0 Å². The number of alkyl halides is 1. The zero-order valence-electron chi connectivity index (χ0n) is 11.2. The van der Waals surface area contributed by atoms with E-state index in [1.54, 1.807) is 7.11 Å². The normalized spacial score (nSPS) is 12.5. The van der Waals surface area contributed by atoms with Gasteiger partial charge in [-0.25, -0.2) is 0 Å². The Kier molecular flexibility index (Phi) is 3.79. The fourth-order valence-corrected chi connectivity index (χ4v) is 3.12. The molecule has 0 N–H and O–H groups in total. The van der Waals surface area contributed by atoms with Crippen LogP contribution in [-0.4, -0.2) is 7.11 Å². The topological polar surface area (TPSA) is 22.4 Å². The van der Waals surface area contributed by atoms with Crippen LogP contribution in [0.3, 0.4) is 0 Å². The molecule has 0 saturated heterocycles. The van der Waals surface area contributed by atoms with Crippen molar-refractivity contribution < 1.29 is 9.15 Å². The Bertz CT molecular complexity index is 718. The van der Waals surface area contributed by atoms with Gasteiger partial charge in [-0.1, -0.05) is 52.3 Å². The number of hydrogen-bond donors (Lipinski definition) is 0. The molecule has 1 aromatic heterocycles. The van der Waals surface area contributed by atoms with E-state index in [4.69, 9.17) is 9.15 Å². The number of fused-ring (bicyclic) bond motifs is 1. The van der Waals surface area contributed by atoms with Gasteiger partial charge in [0, 0.05) is 15.8 Å². The minimum absolute atomic E-state index is 0.197. The summed E-state index contributed by atoms with van der Waals surface area (Å²) in [6.07, 6.45) is 2.69. The summed E-state index contributed by atoms with van der Waals surface area (Å²) in [6.45, 7) is 0. The van der Waals surface area contributed by atoms with Crippen LogP contribution in [0, 0.1) is 0 Å². The van der Waals surface area contributed by atoms with E-state index in [1.165, 1.54) is 11.1 Å². The average molecular weight is 331 g/mol. The predicted octanol–water partition coefficient (Wildman–Crippen LogP) is 5.12. The van der Waals surface area contributed by atoms with E-state index < -0.39 is 0 Å². The largest absolute Gasteiger partial charge is 0.496 e. The number of para-hydroxylation sites is 2. The van der Waals surface area contributed by atoms with Gasteiger partial charge < -0.3 is 9.15 Å². The third kappa shape index (κ3) is 2.46. The van der Waals surface area contributed by atoms with Crippen LogP contribution in [0.25, 0.3) is 11.0 Å². The molecule has 0 spiro atoms. The van der Waals surface area contributed by atoms with E-state index >= 15 is 0 Å². The lowest BCUT2D eigenvalue weighted by Crippen LogP contribution is -1.97. The maximum absolute atomic E-state index is 5.60. The summed E-state index contributed by atoms with van der Waals surface area (Å²) in [5.41, 5.74) is 3.28. The maximum Gasteiger partial charge on any atom is 0.134 e. The molecule has 0 aliphatic heterocycles. The van der Waals surface area contributed by atoms with Crippen molar-refractivity contribution in [3.05, 3.63) is 65.9 Å². The molecule has 102 valence electrons. The molecule has 0 aliphatic carbocycles. The highest BCUT2D eigenvalue weighted by molar-refractivity contribution is 9.09. The standard InChI is InChI=1S/C17H15BrO2/c1-19-16-8-4-2-6-12(16)10-15(18)14-11-20-17-9-5-3-7-13(14)17/h2-9,11,15H,10H2,1H3. The first-order chi connectivity index (χ1) is 9.79. The number of methoxy groups -OCH3 is 1. The van der Waals surface area contributed by atoms with Crippen molar-refractivity contribution in [1.82, 2.24) is 0 Å². The summed E-state index contributed by atoms with van der Waals surface area (Å²) >= 11 is 3.77. The van der Waals surface area contributed by atoms with Crippen molar-refractivity contribution >= 4 is 26.9 Å².